The zero-order valence-electron chi connectivity index (χ0n) is 8.30. The zero-order valence-corrected chi connectivity index (χ0v) is 9.87. The van der Waals surface area contributed by atoms with Gasteiger partial charge in [-0.2, -0.15) is 0 Å². The normalized spacial score (nSPS) is 11.2. The molecule has 0 atom stereocenters. The van der Waals surface area contributed by atoms with Crippen LogP contribution in [0.2, 0.25) is 5.02 Å². The van der Waals surface area contributed by atoms with Crippen LogP contribution in [-0.4, -0.2) is 9.97 Å². The first kappa shape index (κ1) is 10.7. The molecule has 0 spiro atoms. The molecule has 0 saturated carbocycles. The van der Waals surface area contributed by atoms with E-state index in [2.05, 4.69) is 9.97 Å². The Morgan fingerprint density at radius 1 is 1.24 bits per heavy atom. The van der Waals surface area contributed by atoms with E-state index in [4.69, 9.17) is 11.6 Å². The van der Waals surface area contributed by atoms with Gasteiger partial charge in [-0.05, 0) is 23.6 Å². The van der Waals surface area contributed by atoms with Crippen molar-refractivity contribution in [2.24, 2.45) is 0 Å². The van der Waals surface area contributed by atoms with E-state index in [1.165, 1.54) is 17.4 Å². The minimum atomic E-state index is -0.947. The Bertz CT molecular complexity index is 705. The van der Waals surface area contributed by atoms with Crippen LogP contribution in [0.15, 0.2) is 23.6 Å². The number of nitrogens with one attached hydrogen (secondary N) is 1. The SMILES string of the molecule is Fc1ccc2[nH]c(-c3sccc3Cl)nc2c1F. The molecule has 17 heavy (non-hydrogen) atoms. The molecule has 1 aromatic carbocycles. The van der Waals surface area contributed by atoms with Crippen LogP contribution in [0.25, 0.3) is 21.7 Å². The molecule has 0 bridgehead atoms. The third-order valence-corrected chi connectivity index (χ3v) is 3.73. The van der Waals surface area contributed by atoms with Crippen LogP contribution in [0.1, 0.15) is 0 Å². The van der Waals surface area contributed by atoms with Crippen molar-refractivity contribution in [3.8, 4) is 10.7 Å². The topological polar surface area (TPSA) is 28.7 Å². The predicted octanol–water partition coefficient (Wildman–Crippen LogP) is 4.22. The van der Waals surface area contributed by atoms with Crippen LogP contribution in [0.4, 0.5) is 8.78 Å². The van der Waals surface area contributed by atoms with Crippen LogP contribution >= 0.6 is 22.9 Å². The summed E-state index contributed by atoms with van der Waals surface area (Å²) in [6.45, 7) is 0. The number of thiophene rings is 1. The Kier molecular flexibility index (Phi) is 2.38. The van der Waals surface area contributed by atoms with E-state index in [0.29, 0.717) is 21.2 Å². The highest BCUT2D eigenvalue weighted by molar-refractivity contribution is 7.14. The summed E-state index contributed by atoms with van der Waals surface area (Å²) >= 11 is 7.34. The van der Waals surface area contributed by atoms with E-state index < -0.39 is 11.6 Å². The van der Waals surface area contributed by atoms with Gasteiger partial charge in [0.15, 0.2) is 11.6 Å². The van der Waals surface area contributed by atoms with E-state index in [-0.39, 0.29) is 5.52 Å². The summed E-state index contributed by atoms with van der Waals surface area (Å²) in [5.74, 6) is -1.41. The number of nitrogens with zero attached hydrogens (tertiary/aromatic N) is 1. The van der Waals surface area contributed by atoms with Gasteiger partial charge in [-0.25, -0.2) is 13.8 Å². The van der Waals surface area contributed by atoms with Gasteiger partial charge < -0.3 is 4.98 Å². The zero-order chi connectivity index (χ0) is 12.0. The highest BCUT2D eigenvalue weighted by Gasteiger charge is 2.14. The minimum Gasteiger partial charge on any atom is -0.337 e. The molecule has 3 rings (SSSR count). The van der Waals surface area contributed by atoms with Crippen LogP contribution in [0.5, 0.6) is 0 Å². The van der Waals surface area contributed by atoms with Gasteiger partial charge in [0, 0.05) is 0 Å². The van der Waals surface area contributed by atoms with Gasteiger partial charge in [0.2, 0.25) is 0 Å². The molecule has 0 saturated heterocycles. The Morgan fingerprint density at radius 3 is 2.76 bits per heavy atom. The molecular weight excluding hydrogens is 266 g/mol. The number of hydrogen-bond acceptors (Lipinski definition) is 2. The number of fused-ring (bicyclic) bond motifs is 1. The summed E-state index contributed by atoms with van der Waals surface area (Å²) in [4.78, 5) is 7.66. The van der Waals surface area contributed by atoms with Crippen LogP contribution in [-0.2, 0) is 0 Å². The van der Waals surface area contributed by atoms with Crippen LogP contribution in [0, 0.1) is 11.6 Å². The molecule has 0 aliphatic rings. The van der Waals surface area contributed by atoms with Gasteiger partial charge in [0.05, 0.1) is 15.4 Å². The van der Waals surface area contributed by atoms with Gasteiger partial charge in [-0.1, -0.05) is 11.6 Å². The maximum atomic E-state index is 13.5. The standard InChI is InChI=1S/C11H5ClF2N2S/c12-5-3-4-17-10(5)11-15-7-2-1-6(13)8(14)9(7)16-11/h1-4H,(H,15,16). The number of hydrogen-bond donors (Lipinski definition) is 1. The fourth-order valence-corrected chi connectivity index (χ4v) is 2.68. The van der Waals surface area contributed by atoms with E-state index in [9.17, 15) is 8.78 Å². The lowest BCUT2D eigenvalue weighted by Gasteiger charge is -1.91. The van der Waals surface area contributed by atoms with Crippen molar-refractivity contribution in [3.05, 3.63) is 40.2 Å². The summed E-state index contributed by atoms with van der Waals surface area (Å²) in [7, 11) is 0. The van der Waals surface area contributed by atoms with Gasteiger partial charge in [-0.15, -0.1) is 11.3 Å². The average Bonchev–Trinajstić information content (AvgIpc) is 2.89. The molecular formula is C11H5ClF2N2S. The Hall–Kier alpha value is -1.46. The smallest absolute Gasteiger partial charge is 0.186 e. The van der Waals surface area contributed by atoms with E-state index in [1.54, 1.807) is 6.07 Å². The number of rotatable bonds is 1. The number of benzene rings is 1. The quantitative estimate of drug-likeness (QED) is 0.704. The highest BCUT2D eigenvalue weighted by atomic mass is 35.5. The molecule has 0 fully saturated rings. The summed E-state index contributed by atoms with van der Waals surface area (Å²) in [6, 6.07) is 4.24. The van der Waals surface area contributed by atoms with Crippen molar-refractivity contribution in [3.63, 3.8) is 0 Å². The van der Waals surface area contributed by atoms with Gasteiger partial charge in [-0.3, -0.25) is 0 Å². The van der Waals surface area contributed by atoms with Gasteiger partial charge in [0.25, 0.3) is 0 Å². The molecule has 0 unspecified atom stereocenters. The van der Waals surface area contributed by atoms with Gasteiger partial charge >= 0.3 is 0 Å². The number of H-pyrrole nitrogens is 1. The summed E-state index contributed by atoms with van der Waals surface area (Å²) in [6.07, 6.45) is 0. The van der Waals surface area contributed by atoms with E-state index in [0.717, 1.165) is 6.07 Å². The second-order valence-corrected chi connectivity index (χ2v) is 4.76. The lowest BCUT2D eigenvalue weighted by atomic mass is 10.3. The van der Waals surface area contributed by atoms with Crippen molar-refractivity contribution in [2.45, 2.75) is 0 Å². The summed E-state index contributed by atoms with van der Waals surface area (Å²) < 4.78 is 26.5. The molecule has 2 nitrogen and oxygen atoms in total. The summed E-state index contributed by atoms with van der Waals surface area (Å²) in [5.41, 5.74) is 0.438. The van der Waals surface area contributed by atoms with Crippen LogP contribution < -0.4 is 0 Å². The summed E-state index contributed by atoms with van der Waals surface area (Å²) in [5, 5.41) is 2.34. The molecule has 0 aliphatic heterocycles. The second-order valence-electron chi connectivity index (χ2n) is 3.44. The van der Waals surface area contributed by atoms with Crippen molar-refractivity contribution in [1.82, 2.24) is 9.97 Å². The van der Waals surface area contributed by atoms with Crippen molar-refractivity contribution in [1.29, 1.82) is 0 Å². The van der Waals surface area contributed by atoms with E-state index >= 15 is 0 Å². The first-order valence-corrected chi connectivity index (χ1v) is 5.99. The first-order valence-electron chi connectivity index (χ1n) is 4.74. The minimum absolute atomic E-state index is 0.00975. The molecule has 2 heterocycles. The maximum Gasteiger partial charge on any atom is 0.186 e. The Morgan fingerprint density at radius 2 is 2.06 bits per heavy atom. The molecule has 3 aromatic rings. The van der Waals surface area contributed by atoms with E-state index in [1.807, 2.05) is 5.38 Å². The average molecular weight is 271 g/mol. The van der Waals surface area contributed by atoms with Crippen molar-refractivity contribution >= 4 is 34.0 Å². The third kappa shape index (κ3) is 1.62. The number of aromatic nitrogens is 2. The Balaban J connectivity index is 2.27. The fourth-order valence-electron chi connectivity index (χ4n) is 1.59. The van der Waals surface area contributed by atoms with Crippen LogP contribution in [0.3, 0.4) is 0 Å². The van der Waals surface area contributed by atoms with Crippen molar-refractivity contribution in [2.75, 3.05) is 0 Å². The monoisotopic (exact) mass is 270 g/mol. The van der Waals surface area contributed by atoms with Gasteiger partial charge in [0.1, 0.15) is 11.3 Å². The largest absolute Gasteiger partial charge is 0.337 e. The first-order chi connectivity index (χ1) is 8.16. The molecule has 1 N–H and O–H groups in total. The molecule has 0 aliphatic carbocycles. The van der Waals surface area contributed by atoms with Crippen molar-refractivity contribution < 1.29 is 8.78 Å². The predicted molar refractivity (Wildman–Crippen MR) is 64.3 cm³/mol. The fraction of sp³-hybridized carbons (Fsp3) is 0. The number of imidazole rings is 1. The molecule has 2 aromatic heterocycles. The highest BCUT2D eigenvalue weighted by Crippen LogP contribution is 2.33. The Labute approximate surface area is 104 Å². The second kappa shape index (κ2) is 3.78. The molecule has 86 valence electrons. The molecule has 6 heteroatoms. The number of halogens is 3. The third-order valence-electron chi connectivity index (χ3n) is 2.38. The maximum absolute atomic E-state index is 13.5. The molecule has 0 amide bonds. The lowest BCUT2D eigenvalue weighted by Crippen LogP contribution is -1.84. The lowest BCUT2D eigenvalue weighted by molar-refractivity contribution is 0.515. The molecule has 0 radical (unpaired) electrons. The number of aromatic amines is 1.